The Balaban J connectivity index is 0.00000306. The van der Waals surface area contributed by atoms with Crippen molar-refractivity contribution in [2.45, 2.75) is 13.5 Å². The van der Waals surface area contributed by atoms with Crippen LogP contribution in [0, 0.1) is 0 Å². The number of furan rings is 1. The Morgan fingerprint density at radius 1 is 1.12 bits per heavy atom. The lowest BCUT2D eigenvalue weighted by atomic mass is 10.1. The zero-order chi connectivity index (χ0) is 22.5. The summed E-state index contributed by atoms with van der Waals surface area (Å²) in [5, 5.41) is 4.52. The number of nitrogens with one attached hydrogen (secondary N) is 1. The van der Waals surface area contributed by atoms with Crippen LogP contribution < -0.4 is 10.2 Å². The van der Waals surface area contributed by atoms with Gasteiger partial charge in [0.1, 0.15) is 5.82 Å². The third-order valence-corrected chi connectivity index (χ3v) is 5.58. The van der Waals surface area contributed by atoms with E-state index in [0.717, 1.165) is 47.9 Å². The summed E-state index contributed by atoms with van der Waals surface area (Å²) in [5.74, 6) is 2.12. The smallest absolute Gasteiger partial charge is 0.289 e. The molecule has 0 saturated carbocycles. The van der Waals surface area contributed by atoms with Gasteiger partial charge in [-0.25, -0.2) is 9.98 Å². The summed E-state index contributed by atoms with van der Waals surface area (Å²) in [6, 6.07) is 13.7. The number of rotatable bonds is 5. The summed E-state index contributed by atoms with van der Waals surface area (Å²) >= 11 is 0. The molecule has 1 aliphatic heterocycles. The largest absolute Gasteiger partial charge is 0.459 e. The minimum absolute atomic E-state index is 0. The molecule has 2 aromatic heterocycles. The number of guanidine groups is 1. The van der Waals surface area contributed by atoms with Gasteiger partial charge in [0.2, 0.25) is 0 Å². The number of aromatic nitrogens is 1. The zero-order valence-electron chi connectivity index (χ0n) is 19.3. The van der Waals surface area contributed by atoms with Gasteiger partial charge < -0.3 is 24.4 Å². The van der Waals surface area contributed by atoms with Gasteiger partial charge in [-0.2, -0.15) is 0 Å². The van der Waals surface area contributed by atoms with E-state index in [-0.39, 0.29) is 29.9 Å². The van der Waals surface area contributed by atoms with Crippen molar-refractivity contribution in [2.75, 3.05) is 51.7 Å². The first kappa shape index (κ1) is 24.8. The zero-order valence-corrected chi connectivity index (χ0v) is 21.7. The molecular weight excluding hydrogens is 531 g/mol. The van der Waals surface area contributed by atoms with E-state index in [1.54, 1.807) is 12.1 Å². The molecule has 3 heterocycles. The maximum absolute atomic E-state index is 12.5. The van der Waals surface area contributed by atoms with Crippen molar-refractivity contribution in [1.82, 2.24) is 20.1 Å². The predicted molar refractivity (Wildman–Crippen MR) is 142 cm³/mol. The maximum atomic E-state index is 12.5. The summed E-state index contributed by atoms with van der Waals surface area (Å²) in [5.41, 5.74) is 2.11. The van der Waals surface area contributed by atoms with Crippen molar-refractivity contribution in [3.63, 3.8) is 0 Å². The molecule has 0 unspecified atom stereocenters. The molecule has 1 saturated heterocycles. The Hall–Kier alpha value is -2.82. The molecule has 1 amide bonds. The first-order valence-electron chi connectivity index (χ1n) is 11.0. The Morgan fingerprint density at radius 3 is 2.52 bits per heavy atom. The predicted octanol–water partition coefficient (Wildman–Crippen LogP) is 3.44. The van der Waals surface area contributed by atoms with E-state index in [2.05, 4.69) is 29.3 Å². The molecule has 4 rings (SSSR count). The number of anilines is 1. The number of halogens is 1. The Labute approximate surface area is 211 Å². The van der Waals surface area contributed by atoms with E-state index >= 15 is 0 Å². The molecule has 0 atom stereocenters. The molecule has 3 aromatic rings. The third kappa shape index (κ3) is 5.76. The average Bonchev–Trinajstić information content (AvgIpc) is 3.36. The van der Waals surface area contributed by atoms with Gasteiger partial charge in [-0.15, -0.1) is 24.0 Å². The van der Waals surface area contributed by atoms with Gasteiger partial charge in [-0.3, -0.25) is 4.79 Å². The van der Waals surface area contributed by atoms with Gasteiger partial charge in [-0.05, 0) is 36.8 Å². The standard InChI is InChI=1S/C24H30N6O2.HI/c1-4-25-24(30-13-11-29(12-14-30)23(31)21-10-7-15-32-21)26-17-18-16-22(28(2)3)27-20-9-6-5-8-19(18)20;/h5-10,15-16H,4,11-14,17H2,1-3H3,(H,25,26);1H. The molecule has 0 spiro atoms. The van der Waals surface area contributed by atoms with Crippen LogP contribution in [0.5, 0.6) is 0 Å². The molecule has 8 nitrogen and oxygen atoms in total. The van der Waals surface area contributed by atoms with E-state index in [9.17, 15) is 4.79 Å². The maximum Gasteiger partial charge on any atom is 0.289 e. The number of carbonyl (C=O) groups excluding carboxylic acids is 1. The number of amides is 1. The molecule has 1 N–H and O–H groups in total. The lowest BCUT2D eigenvalue weighted by molar-refractivity contribution is 0.0657. The van der Waals surface area contributed by atoms with Crippen LogP contribution in [0.2, 0.25) is 0 Å². The van der Waals surface area contributed by atoms with Gasteiger partial charge in [0.05, 0.1) is 18.3 Å². The Bertz CT molecular complexity index is 1090. The van der Waals surface area contributed by atoms with Gasteiger partial charge in [0.25, 0.3) is 5.91 Å². The van der Waals surface area contributed by atoms with Crippen LogP contribution in [0.3, 0.4) is 0 Å². The second kappa shape index (κ2) is 11.4. The van der Waals surface area contributed by atoms with Crippen LogP contribution in [0.1, 0.15) is 23.0 Å². The molecule has 0 bridgehead atoms. The lowest BCUT2D eigenvalue weighted by Crippen LogP contribution is -2.53. The summed E-state index contributed by atoms with van der Waals surface area (Å²) in [7, 11) is 4.00. The van der Waals surface area contributed by atoms with Crippen LogP contribution in [0.4, 0.5) is 5.82 Å². The minimum Gasteiger partial charge on any atom is -0.459 e. The second-order valence-electron chi connectivity index (χ2n) is 7.98. The summed E-state index contributed by atoms with van der Waals surface area (Å²) < 4.78 is 5.26. The summed E-state index contributed by atoms with van der Waals surface area (Å²) in [6.45, 7) is 6.11. The van der Waals surface area contributed by atoms with E-state index in [1.165, 1.54) is 6.26 Å². The van der Waals surface area contributed by atoms with Gasteiger partial charge >= 0.3 is 0 Å². The number of carbonyl (C=O) groups is 1. The van der Waals surface area contributed by atoms with Crippen molar-refractivity contribution in [1.29, 1.82) is 0 Å². The molecule has 1 fully saturated rings. The number of piperazine rings is 1. The van der Waals surface area contributed by atoms with Crippen LogP contribution in [-0.4, -0.2) is 73.5 Å². The number of hydrogen-bond donors (Lipinski definition) is 1. The number of pyridine rings is 1. The van der Waals surface area contributed by atoms with E-state index < -0.39 is 0 Å². The molecular formula is C24H31IN6O2. The number of fused-ring (bicyclic) bond motifs is 1. The molecule has 176 valence electrons. The van der Waals surface area contributed by atoms with Gasteiger partial charge in [0, 0.05) is 52.2 Å². The number of nitrogens with zero attached hydrogens (tertiary/aromatic N) is 5. The van der Waals surface area contributed by atoms with Crippen molar-refractivity contribution < 1.29 is 9.21 Å². The molecule has 0 aliphatic carbocycles. The van der Waals surface area contributed by atoms with Crippen LogP contribution in [-0.2, 0) is 6.54 Å². The van der Waals surface area contributed by atoms with Crippen LogP contribution in [0.25, 0.3) is 10.9 Å². The van der Waals surface area contributed by atoms with Gasteiger partial charge in [0.15, 0.2) is 11.7 Å². The molecule has 33 heavy (non-hydrogen) atoms. The number of benzene rings is 1. The molecule has 9 heteroatoms. The topological polar surface area (TPSA) is 77.2 Å². The number of hydrogen-bond acceptors (Lipinski definition) is 5. The van der Waals surface area contributed by atoms with E-state index in [0.29, 0.717) is 25.4 Å². The fraction of sp³-hybridized carbons (Fsp3) is 0.375. The summed E-state index contributed by atoms with van der Waals surface area (Å²) in [4.78, 5) is 28.3. The highest BCUT2D eigenvalue weighted by Crippen LogP contribution is 2.23. The lowest BCUT2D eigenvalue weighted by Gasteiger charge is -2.36. The average molecular weight is 562 g/mol. The monoisotopic (exact) mass is 562 g/mol. The van der Waals surface area contributed by atoms with Crippen molar-refractivity contribution in [2.24, 2.45) is 4.99 Å². The first-order valence-corrected chi connectivity index (χ1v) is 11.0. The molecule has 0 radical (unpaired) electrons. The normalized spacial score (nSPS) is 14.2. The quantitative estimate of drug-likeness (QED) is 0.292. The first-order chi connectivity index (χ1) is 15.6. The Kier molecular flexibility index (Phi) is 8.54. The Morgan fingerprint density at radius 2 is 1.85 bits per heavy atom. The minimum atomic E-state index is -0.0592. The number of aliphatic imine (C=N–C) groups is 1. The fourth-order valence-corrected chi connectivity index (χ4v) is 3.86. The fourth-order valence-electron chi connectivity index (χ4n) is 3.86. The van der Waals surface area contributed by atoms with E-state index in [1.807, 2.05) is 42.1 Å². The van der Waals surface area contributed by atoms with Crippen molar-refractivity contribution >= 4 is 52.6 Å². The SMILES string of the molecule is CCNC(=NCc1cc(N(C)C)nc2ccccc12)N1CCN(C(=O)c2ccco2)CC1.I. The van der Waals surface area contributed by atoms with Crippen LogP contribution >= 0.6 is 24.0 Å². The highest BCUT2D eigenvalue weighted by molar-refractivity contribution is 14.0. The van der Waals surface area contributed by atoms with Gasteiger partial charge in [-0.1, -0.05) is 18.2 Å². The summed E-state index contributed by atoms with van der Waals surface area (Å²) in [6.07, 6.45) is 1.53. The van der Waals surface area contributed by atoms with Crippen LogP contribution in [0.15, 0.2) is 58.1 Å². The number of para-hydroxylation sites is 1. The van der Waals surface area contributed by atoms with Crippen molar-refractivity contribution in [3.8, 4) is 0 Å². The third-order valence-electron chi connectivity index (χ3n) is 5.58. The highest BCUT2D eigenvalue weighted by Gasteiger charge is 2.25. The highest BCUT2D eigenvalue weighted by atomic mass is 127. The van der Waals surface area contributed by atoms with Crippen molar-refractivity contribution in [3.05, 3.63) is 60.1 Å². The molecule has 1 aromatic carbocycles. The second-order valence-corrected chi connectivity index (χ2v) is 7.98. The molecule has 1 aliphatic rings. The van der Waals surface area contributed by atoms with E-state index in [4.69, 9.17) is 14.4 Å².